The van der Waals surface area contributed by atoms with E-state index in [1.165, 1.54) is 0 Å². The first-order valence-corrected chi connectivity index (χ1v) is 8.01. The number of nitrogens with zero attached hydrogens (tertiary/aromatic N) is 1. The molecule has 1 aromatic heterocycles. The number of carbonyl (C=O) groups is 1. The van der Waals surface area contributed by atoms with Gasteiger partial charge < -0.3 is 4.74 Å². The molecule has 0 fully saturated rings. The summed E-state index contributed by atoms with van der Waals surface area (Å²) in [6.45, 7) is 7.86. The van der Waals surface area contributed by atoms with Crippen LogP contribution < -0.4 is 4.72 Å². The zero-order valence-corrected chi connectivity index (χ0v) is 13.0. The van der Waals surface area contributed by atoms with Gasteiger partial charge in [0.2, 0.25) is 10.0 Å². The lowest BCUT2D eigenvalue weighted by Gasteiger charge is -2.14. The Labute approximate surface area is 119 Å². The highest BCUT2D eigenvalue weighted by atomic mass is 32.2. The molecule has 1 heterocycles. The molecule has 0 aliphatic carbocycles. The molecule has 8 heteroatoms. The monoisotopic (exact) mass is 303 g/mol. The number of aromatic nitrogens is 2. The molecule has 114 valence electrons. The number of carbonyl (C=O) groups excluding carboxylic acids is 1. The van der Waals surface area contributed by atoms with E-state index >= 15 is 0 Å². The van der Waals surface area contributed by atoms with Crippen LogP contribution in [0.2, 0.25) is 0 Å². The van der Waals surface area contributed by atoms with Crippen LogP contribution in [0.5, 0.6) is 0 Å². The van der Waals surface area contributed by atoms with Crippen molar-refractivity contribution in [3.05, 3.63) is 11.8 Å². The first-order valence-electron chi connectivity index (χ1n) is 6.36. The molecule has 0 saturated carbocycles. The number of rotatable bonds is 6. The Morgan fingerprint density at radius 1 is 1.45 bits per heavy atom. The van der Waals surface area contributed by atoms with Gasteiger partial charge in [-0.25, -0.2) is 8.42 Å². The molecule has 1 aromatic rings. The van der Waals surface area contributed by atoms with Crippen molar-refractivity contribution in [2.75, 3.05) is 17.1 Å². The van der Waals surface area contributed by atoms with Gasteiger partial charge in [0, 0.05) is 17.2 Å². The van der Waals surface area contributed by atoms with Gasteiger partial charge in [0.15, 0.2) is 5.82 Å². The Kier molecular flexibility index (Phi) is 5.15. The first-order chi connectivity index (χ1) is 9.14. The summed E-state index contributed by atoms with van der Waals surface area (Å²) in [4.78, 5) is 11.1. The van der Waals surface area contributed by atoms with Gasteiger partial charge in [0.1, 0.15) is 0 Å². The summed E-state index contributed by atoms with van der Waals surface area (Å²) in [7, 11) is -3.61. The molecular formula is C12H21N3O4S. The molecular weight excluding hydrogens is 282 g/mol. The molecule has 0 aliphatic rings. The van der Waals surface area contributed by atoms with Gasteiger partial charge in [-0.15, -0.1) is 0 Å². The third-order valence-electron chi connectivity index (χ3n) is 2.53. The number of H-pyrrole nitrogens is 1. The summed E-state index contributed by atoms with van der Waals surface area (Å²) >= 11 is 0. The molecule has 0 saturated heterocycles. The summed E-state index contributed by atoms with van der Waals surface area (Å²) in [6, 6.07) is 1.64. The van der Waals surface area contributed by atoms with Crippen LogP contribution in [0.4, 0.5) is 5.82 Å². The third kappa shape index (κ3) is 5.20. The summed E-state index contributed by atoms with van der Waals surface area (Å²) in [5.74, 6) is -0.641. The standard InChI is InChI=1S/C12H21N3O4S/c1-5-19-11(16)6-7-20(17,18)15-10-8-9(13-14-10)12(2,3)4/h8H,5-7H2,1-4H3,(H2,13,14,15). The van der Waals surface area contributed by atoms with E-state index in [1.54, 1.807) is 13.0 Å². The summed E-state index contributed by atoms with van der Waals surface area (Å²) in [6.07, 6.45) is -0.181. The van der Waals surface area contributed by atoms with E-state index in [1.807, 2.05) is 20.8 Å². The molecule has 0 unspecified atom stereocenters. The minimum absolute atomic E-state index is 0.151. The molecule has 0 amide bonds. The van der Waals surface area contributed by atoms with Crippen molar-refractivity contribution in [3.8, 4) is 0 Å². The average Bonchev–Trinajstić information content (AvgIpc) is 2.74. The smallest absolute Gasteiger partial charge is 0.306 e. The van der Waals surface area contributed by atoms with Crippen molar-refractivity contribution in [3.63, 3.8) is 0 Å². The topological polar surface area (TPSA) is 101 Å². The van der Waals surface area contributed by atoms with Crippen LogP contribution in [0.1, 0.15) is 39.8 Å². The number of ether oxygens (including phenoxy) is 1. The minimum atomic E-state index is -3.61. The van der Waals surface area contributed by atoms with Gasteiger partial charge in [-0.05, 0) is 6.92 Å². The number of hydrogen-bond acceptors (Lipinski definition) is 5. The second-order valence-corrected chi connectivity index (χ2v) is 7.23. The van der Waals surface area contributed by atoms with E-state index in [0.717, 1.165) is 5.69 Å². The zero-order chi connectivity index (χ0) is 15.4. The molecule has 2 N–H and O–H groups in total. The second-order valence-electron chi connectivity index (χ2n) is 5.39. The van der Waals surface area contributed by atoms with Gasteiger partial charge in [-0.1, -0.05) is 20.8 Å². The van der Waals surface area contributed by atoms with Crippen molar-refractivity contribution in [2.24, 2.45) is 0 Å². The molecule has 0 aromatic carbocycles. The van der Waals surface area contributed by atoms with E-state index in [4.69, 9.17) is 0 Å². The van der Waals surface area contributed by atoms with Crippen molar-refractivity contribution < 1.29 is 17.9 Å². The number of esters is 1. The van der Waals surface area contributed by atoms with Crippen molar-refractivity contribution in [2.45, 2.75) is 39.5 Å². The SMILES string of the molecule is CCOC(=O)CCS(=O)(=O)Nc1cc(C(C)(C)C)[nH]n1. The predicted octanol–water partition coefficient (Wildman–Crippen LogP) is 1.40. The van der Waals surface area contributed by atoms with Crippen LogP contribution in [0.3, 0.4) is 0 Å². The van der Waals surface area contributed by atoms with Crippen LogP contribution in [-0.4, -0.2) is 36.9 Å². The maximum absolute atomic E-state index is 11.8. The average molecular weight is 303 g/mol. The van der Waals surface area contributed by atoms with Crippen LogP contribution >= 0.6 is 0 Å². The zero-order valence-electron chi connectivity index (χ0n) is 12.2. The van der Waals surface area contributed by atoms with Gasteiger partial charge >= 0.3 is 5.97 Å². The van der Waals surface area contributed by atoms with Gasteiger partial charge in [-0.3, -0.25) is 14.6 Å². The van der Waals surface area contributed by atoms with Crippen LogP contribution in [0.15, 0.2) is 6.07 Å². The summed E-state index contributed by atoms with van der Waals surface area (Å²) in [5.41, 5.74) is 0.669. The fourth-order valence-electron chi connectivity index (χ4n) is 1.42. The Morgan fingerprint density at radius 2 is 2.10 bits per heavy atom. The van der Waals surface area contributed by atoms with Crippen molar-refractivity contribution >= 4 is 21.8 Å². The van der Waals surface area contributed by atoms with E-state index in [2.05, 4.69) is 19.7 Å². The molecule has 0 spiro atoms. The molecule has 0 aliphatic heterocycles. The lowest BCUT2D eigenvalue weighted by Crippen LogP contribution is -2.20. The molecule has 7 nitrogen and oxygen atoms in total. The molecule has 20 heavy (non-hydrogen) atoms. The number of sulfonamides is 1. The molecule has 1 rings (SSSR count). The second kappa shape index (κ2) is 6.25. The number of aromatic amines is 1. The lowest BCUT2D eigenvalue weighted by molar-refractivity contribution is -0.142. The predicted molar refractivity (Wildman–Crippen MR) is 75.9 cm³/mol. The Morgan fingerprint density at radius 3 is 2.60 bits per heavy atom. The third-order valence-corrected chi connectivity index (χ3v) is 3.79. The number of nitrogens with one attached hydrogen (secondary N) is 2. The Hall–Kier alpha value is -1.57. The van der Waals surface area contributed by atoms with E-state index in [9.17, 15) is 13.2 Å². The summed E-state index contributed by atoms with van der Waals surface area (Å²) in [5, 5.41) is 6.68. The molecule has 0 radical (unpaired) electrons. The highest BCUT2D eigenvalue weighted by Crippen LogP contribution is 2.22. The van der Waals surface area contributed by atoms with Gasteiger partial charge in [0.05, 0.1) is 18.8 Å². The minimum Gasteiger partial charge on any atom is -0.466 e. The van der Waals surface area contributed by atoms with Gasteiger partial charge in [-0.2, -0.15) is 5.10 Å². The normalized spacial score (nSPS) is 12.2. The van der Waals surface area contributed by atoms with E-state index < -0.39 is 16.0 Å². The highest BCUT2D eigenvalue weighted by molar-refractivity contribution is 7.92. The molecule has 0 atom stereocenters. The summed E-state index contributed by atoms with van der Waals surface area (Å²) < 4.78 is 30.6. The Bertz CT molecular complexity index is 558. The Balaban J connectivity index is 2.63. The van der Waals surface area contributed by atoms with E-state index in [0.29, 0.717) is 0 Å². The fourth-order valence-corrected chi connectivity index (χ4v) is 2.38. The number of hydrogen-bond donors (Lipinski definition) is 2. The largest absolute Gasteiger partial charge is 0.466 e. The van der Waals surface area contributed by atoms with Crippen LogP contribution in [0.25, 0.3) is 0 Å². The fraction of sp³-hybridized carbons (Fsp3) is 0.667. The lowest BCUT2D eigenvalue weighted by atomic mass is 9.92. The van der Waals surface area contributed by atoms with Crippen LogP contribution in [0, 0.1) is 0 Å². The first kappa shape index (κ1) is 16.5. The quantitative estimate of drug-likeness (QED) is 0.774. The maximum atomic E-state index is 11.8. The van der Waals surface area contributed by atoms with Crippen LogP contribution in [-0.2, 0) is 25.0 Å². The van der Waals surface area contributed by atoms with Gasteiger partial charge in [0.25, 0.3) is 0 Å². The van der Waals surface area contributed by atoms with Crippen molar-refractivity contribution in [1.29, 1.82) is 0 Å². The van der Waals surface area contributed by atoms with E-state index in [-0.39, 0.29) is 30.0 Å². The van der Waals surface area contributed by atoms with Crippen molar-refractivity contribution in [1.82, 2.24) is 10.2 Å². The molecule has 0 bridgehead atoms. The number of anilines is 1. The maximum Gasteiger partial charge on any atom is 0.306 e. The highest BCUT2D eigenvalue weighted by Gasteiger charge is 2.19.